The van der Waals surface area contributed by atoms with Gasteiger partial charge in [-0.25, -0.2) is 4.39 Å². The van der Waals surface area contributed by atoms with Gasteiger partial charge in [0.1, 0.15) is 5.82 Å². The molecule has 0 aliphatic heterocycles. The third-order valence-corrected chi connectivity index (χ3v) is 1.49. The molecule has 0 saturated carbocycles. The average molecular weight is 182 g/mol. The number of pyridine rings is 1. The number of hydrogen-bond donors (Lipinski definition) is 0. The van der Waals surface area contributed by atoms with E-state index in [9.17, 15) is 9.18 Å². The maximum atomic E-state index is 12.6. The van der Waals surface area contributed by atoms with Crippen molar-refractivity contribution in [1.82, 2.24) is 9.88 Å². The molecule has 0 spiro atoms. The normalized spacial score (nSPS) is 10.5. The molecule has 0 aliphatic rings. The highest BCUT2D eigenvalue weighted by atomic mass is 19.1. The Morgan fingerprint density at radius 2 is 2.23 bits per heavy atom. The number of halogens is 1. The largest absolute Gasteiger partial charge is 0.302 e. The molecule has 3 nitrogen and oxygen atoms in total. The summed E-state index contributed by atoms with van der Waals surface area (Å²) in [6.45, 7) is 0.269. The van der Waals surface area contributed by atoms with Gasteiger partial charge in [0.25, 0.3) is 0 Å². The van der Waals surface area contributed by atoms with Crippen molar-refractivity contribution >= 4 is 5.78 Å². The van der Waals surface area contributed by atoms with Gasteiger partial charge in [-0.05, 0) is 20.2 Å². The Labute approximate surface area is 76.2 Å². The van der Waals surface area contributed by atoms with Crippen molar-refractivity contribution in [3.05, 3.63) is 29.8 Å². The molecule has 0 aliphatic carbocycles. The summed E-state index contributed by atoms with van der Waals surface area (Å²) in [7, 11) is 3.56. The Balaban J connectivity index is 2.77. The molecule has 1 heterocycles. The number of hydrogen-bond acceptors (Lipinski definition) is 3. The van der Waals surface area contributed by atoms with E-state index in [1.54, 1.807) is 19.0 Å². The summed E-state index contributed by atoms with van der Waals surface area (Å²) in [5.41, 5.74) is 0.314. The molecule has 4 heteroatoms. The second-order valence-electron chi connectivity index (χ2n) is 3.05. The van der Waals surface area contributed by atoms with E-state index in [-0.39, 0.29) is 12.3 Å². The van der Waals surface area contributed by atoms with Crippen molar-refractivity contribution in [2.24, 2.45) is 0 Å². The van der Waals surface area contributed by atoms with Gasteiger partial charge in [0, 0.05) is 11.8 Å². The van der Waals surface area contributed by atoms with Crippen LogP contribution >= 0.6 is 0 Å². The van der Waals surface area contributed by atoms with Gasteiger partial charge in [0.05, 0.1) is 12.7 Å². The fourth-order valence-corrected chi connectivity index (χ4v) is 0.943. The first-order valence-electron chi connectivity index (χ1n) is 3.88. The minimum atomic E-state index is -0.482. The molecular formula is C9H11FN2O. The highest BCUT2D eigenvalue weighted by Crippen LogP contribution is 2.02. The molecular weight excluding hydrogens is 171 g/mol. The summed E-state index contributed by atoms with van der Waals surface area (Å²) < 4.78 is 12.6. The Bertz CT molecular complexity index is 312. The van der Waals surface area contributed by atoms with Crippen LogP contribution in [0.2, 0.25) is 0 Å². The molecule has 1 rings (SSSR count). The first-order valence-corrected chi connectivity index (χ1v) is 3.88. The van der Waals surface area contributed by atoms with E-state index >= 15 is 0 Å². The number of carbonyl (C=O) groups is 1. The second kappa shape index (κ2) is 4.09. The molecule has 0 bridgehead atoms. The smallest absolute Gasteiger partial charge is 0.178 e. The first kappa shape index (κ1) is 9.80. The molecule has 0 atom stereocenters. The average Bonchev–Trinajstić information content (AvgIpc) is 2.03. The van der Waals surface area contributed by atoms with Crippen molar-refractivity contribution in [2.75, 3.05) is 20.6 Å². The Morgan fingerprint density at radius 3 is 2.77 bits per heavy atom. The highest BCUT2D eigenvalue weighted by Gasteiger charge is 2.07. The van der Waals surface area contributed by atoms with Crippen molar-refractivity contribution in [3.63, 3.8) is 0 Å². The van der Waals surface area contributed by atoms with Crippen molar-refractivity contribution in [3.8, 4) is 0 Å². The summed E-state index contributed by atoms with van der Waals surface area (Å²) in [5.74, 6) is -0.610. The molecule has 1 aromatic heterocycles. The lowest BCUT2D eigenvalue weighted by Crippen LogP contribution is -2.21. The van der Waals surface area contributed by atoms with Crippen LogP contribution in [0.25, 0.3) is 0 Å². The minimum absolute atomic E-state index is 0.128. The van der Waals surface area contributed by atoms with Crippen LogP contribution < -0.4 is 0 Å². The lowest BCUT2D eigenvalue weighted by atomic mass is 10.2. The van der Waals surface area contributed by atoms with Gasteiger partial charge in [0.15, 0.2) is 5.78 Å². The summed E-state index contributed by atoms with van der Waals surface area (Å²) in [5, 5.41) is 0. The standard InChI is InChI=1S/C9H11FN2O/c1-12(2)6-9(13)7-3-8(10)5-11-4-7/h3-5H,6H2,1-2H3. The van der Waals surface area contributed by atoms with Crippen LogP contribution in [0.15, 0.2) is 18.5 Å². The van der Waals surface area contributed by atoms with Crippen molar-refractivity contribution in [1.29, 1.82) is 0 Å². The number of nitrogens with zero attached hydrogens (tertiary/aromatic N) is 2. The van der Waals surface area contributed by atoms with Gasteiger partial charge in [-0.3, -0.25) is 9.78 Å². The van der Waals surface area contributed by atoms with E-state index in [1.807, 2.05) is 0 Å². The SMILES string of the molecule is CN(C)CC(=O)c1cncc(F)c1. The molecule has 0 saturated heterocycles. The molecule has 0 radical (unpaired) electrons. The molecule has 0 unspecified atom stereocenters. The number of likely N-dealkylation sites (N-methyl/N-ethyl adjacent to an activating group) is 1. The zero-order valence-electron chi connectivity index (χ0n) is 7.62. The Morgan fingerprint density at radius 1 is 1.54 bits per heavy atom. The summed E-state index contributed by atoms with van der Waals surface area (Å²) in [6, 6.07) is 1.19. The van der Waals surface area contributed by atoms with E-state index < -0.39 is 5.82 Å². The fourth-order valence-electron chi connectivity index (χ4n) is 0.943. The number of Topliss-reactive ketones (excluding diaryl/α,β-unsaturated/α-hetero) is 1. The fraction of sp³-hybridized carbons (Fsp3) is 0.333. The van der Waals surface area contributed by atoms with Gasteiger partial charge in [-0.1, -0.05) is 0 Å². The monoisotopic (exact) mass is 182 g/mol. The van der Waals surface area contributed by atoms with Gasteiger partial charge in [0.2, 0.25) is 0 Å². The van der Waals surface area contributed by atoms with Crippen LogP contribution in [-0.2, 0) is 0 Å². The van der Waals surface area contributed by atoms with Gasteiger partial charge in [-0.15, -0.1) is 0 Å². The van der Waals surface area contributed by atoms with E-state index in [0.717, 1.165) is 6.20 Å². The zero-order chi connectivity index (χ0) is 9.84. The first-order chi connectivity index (χ1) is 6.09. The van der Waals surface area contributed by atoms with Crippen LogP contribution in [0, 0.1) is 5.82 Å². The third kappa shape index (κ3) is 2.91. The third-order valence-electron chi connectivity index (χ3n) is 1.49. The van der Waals surface area contributed by atoms with Crippen LogP contribution in [-0.4, -0.2) is 36.3 Å². The Hall–Kier alpha value is -1.29. The van der Waals surface area contributed by atoms with Gasteiger partial charge >= 0.3 is 0 Å². The molecule has 0 aromatic carbocycles. The van der Waals surface area contributed by atoms with E-state index in [1.165, 1.54) is 12.3 Å². The summed E-state index contributed by atoms with van der Waals surface area (Å²) in [4.78, 5) is 16.7. The number of rotatable bonds is 3. The predicted molar refractivity (Wildman–Crippen MR) is 47.1 cm³/mol. The molecule has 70 valence electrons. The van der Waals surface area contributed by atoms with E-state index in [0.29, 0.717) is 5.56 Å². The molecule has 0 fully saturated rings. The van der Waals surface area contributed by atoms with E-state index in [2.05, 4.69) is 4.98 Å². The lowest BCUT2D eigenvalue weighted by molar-refractivity contribution is 0.0957. The topological polar surface area (TPSA) is 33.2 Å². The van der Waals surface area contributed by atoms with Crippen LogP contribution in [0.5, 0.6) is 0 Å². The van der Waals surface area contributed by atoms with Crippen LogP contribution in [0.4, 0.5) is 4.39 Å². The van der Waals surface area contributed by atoms with Gasteiger partial charge in [-0.2, -0.15) is 0 Å². The van der Waals surface area contributed by atoms with Gasteiger partial charge < -0.3 is 4.90 Å². The summed E-state index contributed by atoms with van der Waals surface area (Å²) in [6.07, 6.45) is 2.45. The lowest BCUT2D eigenvalue weighted by Gasteiger charge is -2.07. The van der Waals surface area contributed by atoms with Crippen LogP contribution in [0.1, 0.15) is 10.4 Å². The molecule has 1 aromatic rings. The quantitative estimate of drug-likeness (QED) is 0.653. The maximum absolute atomic E-state index is 12.6. The van der Waals surface area contributed by atoms with Crippen LogP contribution in [0.3, 0.4) is 0 Å². The maximum Gasteiger partial charge on any atom is 0.178 e. The zero-order valence-corrected chi connectivity index (χ0v) is 7.62. The number of carbonyl (C=O) groups excluding carboxylic acids is 1. The number of ketones is 1. The highest BCUT2D eigenvalue weighted by molar-refractivity contribution is 5.97. The molecule has 13 heavy (non-hydrogen) atoms. The molecule has 0 N–H and O–H groups in total. The minimum Gasteiger partial charge on any atom is -0.302 e. The number of aromatic nitrogens is 1. The van der Waals surface area contributed by atoms with Crippen molar-refractivity contribution < 1.29 is 9.18 Å². The Kier molecular flexibility index (Phi) is 3.08. The van der Waals surface area contributed by atoms with Crippen molar-refractivity contribution in [2.45, 2.75) is 0 Å². The van der Waals surface area contributed by atoms with E-state index in [4.69, 9.17) is 0 Å². The predicted octanol–water partition coefficient (Wildman–Crippen LogP) is 0.965. The second-order valence-corrected chi connectivity index (χ2v) is 3.05. The summed E-state index contributed by atoms with van der Waals surface area (Å²) >= 11 is 0. The molecule has 0 amide bonds.